The molecule has 27 heavy (non-hydrogen) atoms. The summed E-state index contributed by atoms with van der Waals surface area (Å²) < 4.78 is 1.17. The zero-order valence-electron chi connectivity index (χ0n) is 15.1. The minimum atomic E-state index is -0.253. The van der Waals surface area contributed by atoms with E-state index in [9.17, 15) is 4.79 Å². The number of anilines is 2. The summed E-state index contributed by atoms with van der Waals surface area (Å²) in [6.07, 6.45) is 0. The molecule has 0 aliphatic carbocycles. The molecule has 2 N–H and O–H groups in total. The van der Waals surface area contributed by atoms with Gasteiger partial charge in [0.1, 0.15) is 5.01 Å². The van der Waals surface area contributed by atoms with Crippen LogP contribution in [0.1, 0.15) is 11.1 Å². The molecule has 0 spiro atoms. The molecule has 0 radical (unpaired) electrons. The summed E-state index contributed by atoms with van der Waals surface area (Å²) in [5.41, 5.74) is 5.71. The number of rotatable bonds is 3. The van der Waals surface area contributed by atoms with Gasteiger partial charge in [0.15, 0.2) is 0 Å². The lowest BCUT2D eigenvalue weighted by Crippen LogP contribution is -2.20. The second kappa shape index (κ2) is 7.21. The van der Waals surface area contributed by atoms with Gasteiger partial charge in [-0.3, -0.25) is 0 Å². The van der Waals surface area contributed by atoms with Gasteiger partial charge in [-0.15, -0.1) is 11.3 Å². The molecule has 0 unspecified atom stereocenters. The number of nitrogens with zero attached hydrogens (tertiary/aromatic N) is 1. The van der Waals surface area contributed by atoms with Gasteiger partial charge < -0.3 is 10.6 Å². The molecular formula is C22H19N3OS. The van der Waals surface area contributed by atoms with Crippen LogP contribution in [0.2, 0.25) is 0 Å². The third-order valence-electron chi connectivity index (χ3n) is 4.29. The van der Waals surface area contributed by atoms with Gasteiger partial charge in [-0.05, 0) is 67.4 Å². The summed E-state index contributed by atoms with van der Waals surface area (Å²) in [6.45, 7) is 3.98. The van der Waals surface area contributed by atoms with Gasteiger partial charge in [-0.1, -0.05) is 24.3 Å². The number of nitrogens with one attached hydrogen (secondary N) is 2. The molecule has 1 heterocycles. The highest BCUT2D eigenvalue weighted by Gasteiger charge is 2.10. The van der Waals surface area contributed by atoms with Gasteiger partial charge in [0.2, 0.25) is 0 Å². The van der Waals surface area contributed by atoms with Crippen LogP contribution < -0.4 is 10.6 Å². The molecule has 0 saturated heterocycles. The van der Waals surface area contributed by atoms with Crippen LogP contribution in [0.4, 0.5) is 16.2 Å². The van der Waals surface area contributed by atoms with Crippen LogP contribution in [0.5, 0.6) is 0 Å². The number of para-hydroxylation sites is 1. The maximum Gasteiger partial charge on any atom is 0.323 e. The number of fused-ring (bicyclic) bond motifs is 1. The van der Waals surface area contributed by atoms with Crippen LogP contribution in [0.25, 0.3) is 20.8 Å². The average Bonchev–Trinajstić information content (AvgIpc) is 3.07. The molecule has 0 aliphatic heterocycles. The molecule has 5 heteroatoms. The topological polar surface area (TPSA) is 54.0 Å². The zero-order chi connectivity index (χ0) is 18.8. The van der Waals surface area contributed by atoms with Gasteiger partial charge in [0.05, 0.1) is 10.2 Å². The van der Waals surface area contributed by atoms with E-state index in [2.05, 4.69) is 22.8 Å². The molecule has 3 aromatic carbocycles. The van der Waals surface area contributed by atoms with Gasteiger partial charge >= 0.3 is 6.03 Å². The Balaban J connectivity index is 1.52. The molecule has 4 aromatic rings. The molecule has 4 rings (SSSR count). The van der Waals surface area contributed by atoms with Crippen molar-refractivity contribution in [3.05, 3.63) is 77.9 Å². The molecule has 4 nitrogen and oxygen atoms in total. The van der Waals surface area contributed by atoms with E-state index in [0.29, 0.717) is 0 Å². The highest BCUT2D eigenvalue weighted by molar-refractivity contribution is 7.21. The van der Waals surface area contributed by atoms with E-state index in [4.69, 9.17) is 4.98 Å². The lowest BCUT2D eigenvalue weighted by molar-refractivity contribution is 0.262. The predicted molar refractivity (Wildman–Crippen MR) is 114 cm³/mol. The first-order chi connectivity index (χ1) is 13.1. The van der Waals surface area contributed by atoms with Crippen molar-refractivity contribution in [2.24, 2.45) is 0 Å². The zero-order valence-corrected chi connectivity index (χ0v) is 15.9. The number of carbonyl (C=O) groups is 1. The number of aryl methyl sites for hydroxylation is 2. The third-order valence-corrected chi connectivity index (χ3v) is 5.38. The first kappa shape index (κ1) is 17.2. The molecule has 134 valence electrons. The molecule has 0 atom stereocenters. The summed E-state index contributed by atoms with van der Waals surface area (Å²) in [7, 11) is 0. The van der Waals surface area contributed by atoms with Crippen LogP contribution in [-0.4, -0.2) is 11.0 Å². The smallest absolute Gasteiger partial charge is 0.308 e. The molecule has 0 bridgehead atoms. The van der Waals surface area contributed by atoms with Crippen LogP contribution in [0.3, 0.4) is 0 Å². The summed E-state index contributed by atoms with van der Waals surface area (Å²) in [4.78, 5) is 17.0. The Morgan fingerprint density at radius 2 is 1.78 bits per heavy atom. The van der Waals surface area contributed by atoms with E-state index in [1.165, 1.54) is 4.70 Å². The van der Waals surface area contributed by atoms with Crippen molar-refractivity contribution in [2.45, 2.75) is 13.8 Å². The second-order valence-electron chi connectivity index (χ2n) is 6.47. The number of thiazole rings is 1. The molecule has 0 fully saturated rings. The summed E-state index contributed by atoms with van der Waals surface area (Å²) >= 11 is 1.67. The van der Waals surface area contributed by atoms with E-state index < -0.39 is 0 Å². The Morgan fingerprint density at radius 1 is 0.926 bits per heavy atom. The fourth-order valence-electron chi connectivity index (χ4n) is 2.94. The van der Waals surface area contributed by atoms with E-state index in [-0.39, 0.29) is 6.03 Å². The largest absolute Gasteiger partial charge is 0.323 e. The number of aromatic nitrogens is 1. The van der Waals surface area contributed by atoms with Crippen molar-refractivity contribution in [3.8, 4) is 10.6 Å². The monoisotopic (exact) mass is 373 g/mol. The normalized spacial score (nSPS) is 10.7. The Kier molecular flexibility index (Phi) is 4.60. The standard InChI is InChI=1S/C22H19N3OS/c1-14-6-5-7-17(12-14)23-22(26)25-18-11-10-16(13-15(18)2)21-24-19-8-3-4-9-20(19)27-21/h3-13H,1-2H3,(H2,23,25,26). The van der Waals surface area contributed by atoms with Crippen molar-refractivity contribution >= 4 is 39.0 Å². The first-order valence-electron chi connectivity index (χ1n) is 8.70. The highest BCUT2D eigenvalue weighted by Crippen LogP contribution is 2.31. The Bertz CT molecular complexity index is 1100. The number of amides is 2. The van der Waals surface area contributed by atoms with Crippen molar-refractivity contribution < 1.29 is 4.79 Å². The van der Waals surface area contributed by atoms with E-state index in [0.717, 1.165) is 38.6 Å². The van der Waals surface area contributed by atoms with E-state index in [1.54, 1.807) is 11.3 Å². The second-order valence-corrected chi connectivity index (χ2v) is 7.50. The summed E-state index contributed by atoms with van der Waals surface area (Å²) in [5.74, 6) is 0. The van der Waals surface area contributed by atoms with E-state index >= 15 is 0 Å². The average molecular weight is 373 g/mol. The molecular weight excluding hydrogens is 354 g/mol. The Labute approximate surface area is 161 Å². The number of hydrogen-bond acceptors (Lipinski definition) is 3. The maximum absolute atomic E-state index is 12.3. The van der Waals surface area contributed by atoms with Crippen molar-refractivity contribution in [1.82, 2.24) is 4.98 Å². The SMILES string of the molecule is Cc1cccc(NC(=O)Nc2ccc(-c3nc4ccccc4s3)cc2C)c1. The highest BCUT2D eigenvalue weighted by atomic mass is 32.1. The minimum Gasteiger partial charge on any atom is -0.308 e. The minimum absolute atomic E-state index is 0.253. The molecule has 2 amide bonds. The van der Waals surface area contributed by atoms with Crippen LogP contribution in [0.15, 0.2) is 66.7 Å². The van der Waals surface area contributed by atoms with Crippen molar-refractivity contribution in [1.29, 1.82) is 0 Å². The Morgan fingerprint density at radius 3 is 2.56 bits per heavy atom. The molecule has 1 aromatic heterocycles. The summed E-state index contributed by atoms with van der Waals surface area (Å²) in [5, 5.41) is 6.76. The van der Waals surface area contributed by atoms with Gasteiger partial charge in [0.25, 0.3) is 0 Å². The van der Waals surface area contributed by atoms with Crippen LogP contribution in [0, 0.1) is 13.8 Å². The lowest BCUT2D eigenvalue weighted by Gasteiger charge is -2.11. The number of hydrogen-bond donors (Lipinski definition) is 2. The van der Waals surface area contributed by atoms with Crippen molar-refractivity contribution in [2.75, 3.05) is 10.6 Å². The van der Waals surface area contributed by atoms with Gasteiger partial charge in [-0.2, -0.15) is 0 Å². The van der Waals surface area contributed by atoms with E-state index in [1.807, 2.05) is 68.4 Å². The maximum atomic E-state index is 12.3. The fraction of sp³-hybridized carbons (Fsp3) is 0.0909. The third kappa shape index (κ3) is 3.83. The Hall–Kier alpha value is -3.18. The lowest BCUT2D eigenvalue weighted by atomic mass is 10.1. The number of urea groups is 1. The van der Waals surface area contributed by atoms with Gasteiger partial charge in [-0.25, -0.2) is 9.78 Å². The van der Waals surface area contributed by atoms with Crippen molar-refractivity contribution in [3.63, 3.8) is 0 Å². The molecule has 0 saturated carbocycles. The summed E-state index contributed by atoms with van der Waals surface area (Å²) in [6, 6.07) is 21.6. The van der Waals surface area contributed by atoms with Gasteiger partial charge in [0, 0.05) is 16.9 Å². The number of benzene rings is 3. The predicted octanol–water partition coefficient (Wildman–Crippen LogP) is 6.22. The van der Waals surface area contributed by atoms with Crippen LogP contribution >= 0.6 is 11.3 Å². The first-order valence-corrected chi connectivity index (χ1v) is 9.51. The quantitative estimate of drug-likeness (QED) is 0.447. The molecule has 0 aliphatic rings. The number of carbonyl (C=O) groups excluding carboxylic acids is 1. The fourth-order valence-corrected chi connectivity index (χ4v) is 3.90. The van der Waals surface area contributed by atoms with Crippen LogP contribution in [-0.2, 0) is 0 Å².